The number of hydrogen-bond acceptors (Lipinski definition) is 3. The Kier molecular flexibility index (Phi) is 5.55. The molecule has 1 aliphatic carbocycles. The molecule has 4 heteroatoms. The van der Waals surface area contributed by atoms with Crippen molar-refractivity contribution in [3.63, 3.8) is 0 Å². The number of methoxy groups -OCH3 is 1. The van der Waals surface area contributed by atoms with Crippen LogP contribution in [-0.2, 0) is 16.1 Å². The highest BCUT2D eigenvalue weighted by Gasteiger charge is 2.33. The van der Waals surface area contributed by atoms with Crippen LogP contribution in [0.1, 0.15) is 50.5 Å². The molecule has 1 aromatic carbocycles. The number of carbonyl (C=O) groups is 1. The third kappa shape index (κ3) is 3.86. The van der Waals surface area contributed by atoms with Crippen LogP contribution < -0.4 is 4.74 Å². The van der Waals surface area contributed by atoms with E-state index in [9.17, 15) is 4.79 Å². The summed E-state index contributed by atoms with van der Waals surface area (Å²) in [5, 5.41) is 0. The van der Waals surface area contributed by atoms with Gasteiger partial charge < -0.3 is 14.4 Å². The number of hydrogen-bond donors (Lipinski definition) is 0. The molecule has 1 saturated carbocycles. The zero-order valence-corrected chi connectivity index (χ0v) is 14.0. The first-order chi connectivity index (χ1) is 11.3. The van der Waals surface area contributed by atoms with Gasteiger partial charge in [-0.3, -0.25) is 4.79 Å². The molecule has 2 aliphatic rings. The normalized spacial score (nSPS) is 22.0. The summed E-state index contributed by atoms with van der Waals surface area (Å²) in [4.78, 5) is 15.1. The first-order valence-corrected chi connectivity index (χ1v) is 8.83. The fourth-order valence-corrected chi connectivity index (χ4v) is 3.74. The van der Waals surface area contributed by atoms with Crippen molar-refractivity contribution in [1.82, 2.24) is 4.90 Å². The van der Waals surface area contributed by atoms with Crippen molar-refractivity contribution in [2.45, 2.75) is 63.6 Å². The molecule has 0 N–H and O–H groups in total. The van der Waals surface area contributed by atoms with E-state index < -0.39 is 0 Å². The molecule has 126 valence electrons. The summed E-state index contributed by atoms with van der Waals surface area (Å²) < 4.78 is 11.2. The Morgan fingerprint density at radius 1 is 1.17 bits per heavy atom. The first kappa shape index (κ1) is 16.3. The average molecular weight is 317 g/mol. The Morgan fingerprint density at radius 3 is 2.61 bits per heavy atom. The van der Waals surface area contributed by atoms with Crippen LogP contribution in [-0.4, -0.2) is 36.7 Å². The lowest BCUT2D eigenvalue weighted by atomic mass is 10.0. The summed E-state index contributed by atoms with van der Waals surface area (Å²) in [5.74, 6) is 1.02. The first-order valence-electron chi connectivity index (χ1n) is 8.83. The second-order valence-electron chi connectivity index (χ2n) is 6.57. The molecule has 3 rings (SSSR count). The van der Waals surface area contributed by atoms with E-state index in [1.54, 1.807) is 7.11 Å². The van der Waals surface area contributed by atoms with E-state index in [-0.39, 0.29) is 12.0 Å². The number of rotatable bonds is 5. The van der Waals surface area contributed by atoms with Gasteiger partial charge in [-0.2, -0.15) is 0 Å². The lowest BCUT2D eigenvalue weighted by Crippen LogP contribution is -2.46. The van der Waals surface area contributed by atoms with E-state index in [1.807, 2.05) is 18.2 Å². The molecule has 1 aliphatic heterocycles. The minimum atomic E-state index is -0.251. The summed E-state index contributed by atoms with van der Waals surface area (Å²) in [6, 6.07) is 8.33. The van der Waals surface area contributed by atoms with E-state index in [0.29, 0.717) is 19.2 Å². The molecule has 0 unspecified atom stereocenters. The topological polar surface area (TPSA) is 38.8 Å². The van der Waals surface area contributed by atoms with Crippen molar-refractivity contribution in [1.29, 1.82) is 0 Å². The third-order valence-corrected chi connectivity index (χ3v) is 5.04. The maximum absolute atomic E-state index is 13.0. The smallest absolute Gasteiger partial charge is 0.252 e. The van der Waals surface area contributed by atoms with Crippen molar-refractivity contribution in [2.75, 3.05) is 13.7 Å². The van der Waals surface area contributed by atoms with Gasteiger partial charge in [-0.15, -0.1) is 0 Å². The Balaban J connectivity index is 1.78. The third-order valence-electron chi connectivity index (χ3n) is 5.04. The number of amides is 1. The van der Waals surface area contributed by atoms with Gasteiger partial charge in [0.1, 0.15) is 11.9 Å². The Hall–Kier alpha value is -1.55. The minimum absolute atomic E-state index is 0.169. The van der Waals surface area contributed by atoms with E-state index in [0.717, 1.165) is 43.4 Å². The van der Waals surface area contributed by atoms with Gasteiger partial charge in [0, 0.05) is 24.8 Å². The standard InChI is InChI=1S/C19H27NO3/c1-22-17-11-5-2-8-15(17)14-20(16-9-3-4-10-16)19(21)18-12-6-7-13-23-18/h2,5,8,11,16,18H,3-4,6-7,9-10,12-14H2,1H3/t18-/m1/s1. The van der Waals surface area contributed by atoms with Crippen LogP contribution in [0.3, 0.4) is 0 Å². The number of ether oxygens (including phenoxy) is 2. The highest BCUT2D eigenvalue weighted by molar-refractivity contribution is 5.81. The molecule has 23 heavy (non-hydrogen) atoms. The van der Waals surface area contributed by atoms with Crippen LogP contribution in [0.25, 0.3) is 0 Å². The molecule has 1 amide bonds. The summed E-state index contributed by atoms with van der Waals surface area (Å²) >= 11 is 0. The SMILES string of the molecule is COc1ccccc1CN(C(=O)[C@H]1CCCCO1)C1CCCC1. The molecule has 2 fully saturated rings. The second kappa shape index (κ2) is 7.82. The molecular formula is C19H27NO3. The van der Waals surface area contributed by atoms with Crippen LogP contribution in [0.2, 0.25) is 0 Å². The Labute approximate surface area is 138 Å². The predicted molar refractivity (Wildman–Crippen MR) is 89.4 cm³/mol. The lowest BCUT2D eigenvalue weighted by molar-refractivity contribution is -0.149. The molecule has 0 aromatic heterocycles. The van der Waals surface area contributed by atoms with Crippen LogP contribution in [0.15, 0.2) is 24.3 Å². The Morgan fingerprint density at radius 2 is 1.91 bits per heavy atom. The highest BCUT2D eigenvalue weighted by atomic mass is 16.5. The van der Waals surface area contributed by atoms with Crippen LogP contribution >= 0.6 is 0 Å². The van der Waals surface area contributed by atoms with Gasteiger partial charge in [-0.1, -0.05) is 31.0 Å². The van der Waals surface area contributed by atoms with Crippen molar-refractivity contribution in [3.8, 4) is 5.75 Å². The summed E-state index contributed by atoms with van der Waals surface area (Å²) in [6.07, 6.45) is 7.40. The van der Waals surface area contributed by atoms with Gasteiger partial charge in [-0.25, -0.2) is 0 Å². The molecule has 0 bridgehead atoms. The molecule has 1 heterocycles. The maximum atomic E-state index is 13.0. The van der Waals surface area contributed by atoms with Crippen molar-refractivity contribution in [3.05, 3.63) is 29.8 Å². The fourth-order valence-electron chi connectivity index (χ4n) is 3.74. The van der Waals surface area contributed by atoms with E-state index in [1.165, 1.54) is 12.8 Å². The van der Waals surface area contributed by atoms with Crippen LogP contribution in [0.5, 0.6) is 5.75 Å². The molecule has 0 radical (unpaired) electrons. The van der Waals surface area contributed by atoms with Gasteiger partial charge >= 0.3 is 0 Å². The molecular weight excluding hydrogens is 290 g/mol. The van der Waals surface area contributed by atoms with Gasteiger partial charge in [0.25, 0.3) is 5.91 Å². The van der Waals surface area contributed by atoms with Crippen LogP contribution in [0, 0.1) is 0 Å². The van der Waals surface area contributed by atoms with Crippen molar-refractivity contribution in [2.24, 2.45) is 0 Å². The molecule has 1 aromatic rings. The van der Waals surface area contributed by atoms with Gasteiger partial charge in [0.2, 0.25) is 0 Å². The average Bonchev–Trinajstić information content (AvgIpc) is 3.14. The predicted octanol–water partition coefficient (Wildman–Crippen LogP) is 3.54. The van der Waals surface area contributed by atoms with E-state index in [4.69, 9.17) is 9.47 Å². The zero-order chi connectivity index (χ0) is 16.1. The highest BCUT2D eigenvalue weighted by Crippen LogP contribution is 2.29. The summed E-state index contributed by atoms with van der Waals surface area (Å²) in [7, 11) is 1.69. The molecule has 4 nitrogen and oxygen atoms in total. The number of para-hydroxylation sites is 1. The maximum Gasteiger partial charge on any atom is 0.252 e. The Bertz CT molecular complexity index is 519. The molecule has 0 spiro atoms. The molecule has 1 saturated heterocycles. The monoisotopic (exact) mass is 317 g/mol. The van der Waals surface area contributed by atoms with Gasteiger partial charge in [-0.05, 0) is 38.2 Å². The number of benzene rings is 1. The zero-order valence-electron chi connectivity index (χ0n) is 14.0. The fraction of sp³-hybridized carbons (Fsp3) is 0.632. The quantitative estimate of drug-likeness (QED) is 0.834. The molecule has 1 atom stereocenters. The van der Waals surface area contributed by atoms with Crippen LogP contribution in [0.4, 0.5) is 0 Å². The number of carbonyl (C=O) groups excluding carboxylic acids is 1. The van der Waals surface area contributed by atoms with Crippen molar-refractivity contribution < 1.29 is 14.3 Å². The van der Waals surface area contributed by atoms with E-state index >= 15 is 0 Å². The summed E-state index contributed by atoms with van der Waals surface area (Å²) in [5.41, 5.74) is 1.08. The summed E-state index contributed by atoms with van der Waals surface area (Å²) in [6.45, 7) is 1.33. The second-order valence-corrected chi connectivity index (χ2v) is 6.57. The van der Waals surface area contributed by atoms with E-state index in [2.05, 4.69) is 11.0 Å². The largest absolute Gasteiger partial charge is 0.496 e. The van der Waals surface area contributed by atoms with Gasteiger partial charge in [0.15, 0.2) is 0 Å². The van der Waals surface area contributed by atoms with Crippen molar-refractivity contribution >= 4 is 5.91 Å². The van der Waals surface area contributed by atoms with Gasteiger partial charge in [0.05, 0.1) is 7.11 Å². The lowest BCUT2D eigenvalue weighted by Gasteiger charge is -2.34. The number of nitrogens with zero attached hydrogens (tertiary/aromatic N) is 1. The minimum Gasteiger partial charge on any atom is -0.496 e.